The van der Waals surface area contributed by atoms with Gasteiger partial charge in [-0.3, -0.25) is 4.79 Å². The normalized spacial score (nSPS) is 11.6. The molecule has 15 heavy (non-hydrogen) atoms. The molecule has 1 unspecified atom stereocenters. The Morgan fingerprint density at radius 2 is 2.33 bits per heavy atom. The number of nitrogens with zero attached hydrogens (tertiary/aromatic N) is 1. The van der Waals surface area contributed by atoms with E-state index >= 15 is 0 Å². The Bertz CT molecular complexity index is 428. The first-order chi connectivity index (χ1) is 7.04. The molecule has 0 saturated carbocycles. The van der Waals surface area contributed by atoms with E-state index in [0.717, 1.165) is 6.07 Å². The molecule has 1 rings (SSSR count). The van der Waals surface area contributed by atoms with Crippen molar-refractivity contribution in [2.75, 3.05) is 0 Å². The van der Waals surface area contributed by atoms with Gasteiger partial charge in [0.2, 0.25) is 0 Å². The maximum Gasteiger partial charge on any atom is 0.255 e. The van der Waals surface area contributed by atoms with E-state index in [1.54, 1.807) is 0 Å². The molecule has 1 aromatic rings. The smallest absolute Gasteiger partial charge is 0.255 e. The molecule has 1 atom stereocenters. The molecule has 0 saturated heterocycles. The van der Waals surface area contributed by atoms with Crippen molar-refractivity contribution in [3.63, 3.8) is 0 Å². The summed E-state index contributed by atoms with van der Waals surface area (Å²) in [6, 6.07) is 4.81. The molecule has 78 valence electrons. The largest absolute Gasteiger partial charge is 0.336 e. The maximum absolute atomic E-state index is 13.2. The standard InChI is InChI=1S/C10H8ClFN2O/c1-6(5-13)14-10(15)8-4-7(11)2-3-9(8)12/h2-4,6H,1H3,(H,14,15). The van der Waals surface area contributed by atoms with Crippen LogP contribution in [0.2, 0.25) is 5.02 Å². The predicted molar refractivity (Wildman–Crippen MR) is 54.0 cm³/mol. The molecule has 0 aliphatic carbocycles. The minimum atomic E-state index is -0.670. The first kappa shape index (κ1) is 11.5. The number of amides is 1. The van der Waals surface area contributed by atoms with Gasteiger partial charge in [-0.05, 0) is 25.1 Å². The third-order valence-electron chi connectivity index (χ3n) is 1.71. The molecule has 0 fully saturated rings. The van der Waals surface area contributed by atoms with Crippen LogP contribution in [0.15, 0.2) is 18.2 Å². The number of halogens is 2. The van der Waals surface area contributed by atoms with Crippen LogP contribution < -0.4 is 5.32 Å². The lowest BCUT2D eigenvalue weighted by molar-refractivity contribution is 0.0944. The minimum Gasteiger partial charge on any atom is -0.336 e. The van der Waals surface area contributed by atoms with Gasteiger partial charge >= 0.3 is 0 Å². The Kier molecular flexibility index (Phi) is 3.64. The lowest BCUT2D eigenvalue weighted by Crippen LogP contribution is -2.31. The lowest BCUT2D eigenvalue weighted by Gasteiger charge is -2.07. The number of nitrogens with one attached hydrogen (secondary N) is 1. The number of hydrogen-bond donors (Lipinski definition) is 1. The highest BCUT2D eigenvalue weighted by atomic mass is 35.5. The molecule has 0 aromatic heterocycles. The predicted octanol–water partition coefficient (Wildman–Crippen LogP) is 2.12. The molecule has 1 amide bonds. The SMILES string of the molecule is CC(C#N)NC(=O)c1cc(Cl)ccc1F. The van der Waals surface area contributed by atoms with Crippen molar-refractivity contribution in [3.8, 4) is 6.07 Å². The molecule has 1 N–H and O–H groups in total. The Balaban J connectivity index is 2.92. The topological polar surface area (TPSA) is 52.9 Å². The summed E-state index contributed by atoms with van der Waals surface area (Å²) in [5, 5.41) is 11.1. The van der Waals surface area contributed by atoms with Crippen LogP contribution in [0.3, 0.4) is 0 Å². The van der Waals surface area contributed by atoms with E-state index in [2.05, 4.69) is 5.32 Å². The zero-order valence-corrected chi connectivity index (χ0v) is 8.68. The van der Waals surface area contributed by atoms with Crippen molar-refractivity contribution in [1.82, 2.24) is 5.32 Å². The quantitative estimate of drug-likeness (QED) is 0.840. The second kappa shape index (κ2) is 4.76. The molecule has 1 aromatic carbocycles. The third-order valence-corrected chi connectivity index (χ3v) is 1.95. The minimum absolute atomic E-state index is 0.162. The van der Waals surface area contributed by atoms with Gasteiger partial charge in [-0.2, -0.15) is 5.26 Å². The summed E-state index contributed by atoms with van der Waals surface area (Å²) in [4.78, 5) is 11.4. The van der Waals surface area contributed by atoms with Crippen molar-refractivity contribution < 1.29 is 9.18 Å². The fourth-order valence-electron chi connectivity index (χ4n) is 0.978. The van der Waals surface area contributed by atoms with E-state index in [4.69, 9.17) is 16.9 Å². The maximum atomic E-state index is 13.2. The number of rotatable bonds is 2. The summed E-state index contributed by atoms with van der Waals surface area (Å²) in [6.45, 7) is 1.50. The number of benzene rings is 1. The van der Waals surface area contributed by atoms with Crippen molar-refractivity contribution in [1.29, 1.82) is 5.26 Å². The Hall–Kier alpha value is -1.60. The van der Waals surface area contributed by atoms with Gasteiger partial charge in [0, 0.05) is 5.02 Å². The van der Waals surface area contributed by atoms with Gasteiger partial charge in [-0.15, -0.1) is 0 Å². The second-order valence-electron chi connectivity index (χ2n) is 2.95. The van der Waals surface area contributed by atoms with Crippen LogP contribution in [0.1, 0.15) is 17.3 Å². The van der Waals surface area contributed by atoms with Crippen molar-refractivity contribution >= 4 is 17.5 Å². The van der Waals surface area contributed by atoms with Crippen molar-refractivity contribution in [2.24, 2.45) is 0 Å². The fraction of sp³-hybridized carbons (Fsp3) is 0.200. The summed E-state index contributed by atoms with van der Waals surface area (Å²) in [7, 11) is 0. The van der Waals surface area contributed by atoms with Crippen LogP contribution >= 0.6 is 11.6 Å². The van der Waals surface area contributed by atoms with Crippen LogP contribution in [-0.4, -0.2) is 11.9 Å². The van der Waals surface area contributed by atoms with E-state index in [1.165, 1.54) is 19.1 Å². The molecule has 0 radical (unpaired) electrons. The highest BCUT2D eigenvalue weighted by Gasteiger charge is 2.13. The zero-order valence-electron chi connectivity index (χ0n) is 7.92. The van der Waals surface area contributed by atoms with Crippen LogP contribution in [0, 0.1) is 17.1 Å². The highest BCUT2D eigenvalue weighted by molar-refractivity contribution is 6.31. The van der Waals surface area contributed by atoms with Gasteiger partial charge in [0.05, 0.1) is 11.6 Å². The second-order valence-corrected chi connectivity index (χ2v) is 3.38. The average Bonchev–Trinajstić information content (AvgIpc) is 2.21. The lowest BCUT2D eigenvalue weighted by atomic mass is 10.2. The van der Waals surface area contributed by atoms with E-state index in [1.807, 2.05) is 6.07 Å². The Labute approximate surface area is 91.5 Å². The van der Waals surface area contributed by atoms with Gasteiger partial charge in [0.1, 0.15) is 11.9 Å². The van der Waals surface area contributed by atoms with Crippen molar-refractivity contribution in [2.45, 2.75) is 13.0 Å². The molecule has 0 aliphatic heterocycles. The van der Waals surface area contributed by atoms with Gasteiger partial charge in [0.15, 0.2) is 0 Å². The first-order valence-corrected chi connectivity index (χ1v) is 4.58. The third kappa shape index (κ3) is 2.93. The average molecular weight is 227 g/mol. The molecule has 0 heterocycles. The first-order valence-electron chi connectivity index (χ1n) is 4.20. The summed E-state index contributed by atoms with van der Waals surface area (Å²) >= 11 is 5.62. The van der Waals surface area contributed by atoms with Crippen LogP contribution in [0.25, 0.3) is 0 Å². The monoisotopic (exact) mass is 226 g/mol. The number of carbonyl (C=O) groups excluding carboxylic acids is 1. The van der Waals surface area contributed by atoms with Crippen LogP contribution in [0.4, 0.5) is 4.39 Å². The summed E-state index contributed by atoms with van der Waals surface area (Å²) in [5.74, 6) is -1.31. The van der Waals surface area contributed by atoms with Gasteiger partial charge in [0.25, 0.3) is 5.91 Å². The fourth-order valence-corrected chi connectivity index (χ4v) is 1.15. The van der Waals surface area contributed by atoms with E-state index in [9.17, 15) is 9.18 Å². The molecule has 3 nitrogen and oxygen atoms in total. The van der Waals surface area contributed by atoms with Crippen LogP contribution in [-0.2, 0) is 0 Å². The molecule has 0 bridgehead atoms. The number of hydrogen-bond acceptors (Lipinski definition) is 2. The summed E-state index contributed by atoms with van der Waals surface area (Å²) in [6.07, 6.45) is 0. The molecule has 0 spiro atoms. The number of nitriles is 1. The van der Waals surface area contributed by atoms with Gasteiger partial charge in [-0.25, -0.2) is 4.39 Å². The molecular weight excluding hydrogens is 219 g/mol. The molecule has 0 aliphatic rings. The Morgan fingerprint density at radius 1 is 1.67 bits per heavy atom. The summed E-state index contributed by atoms with van der Waals surface area (Å²) in [5.41, 5.74) is -0.162. The Morgan fingerprint density at radius 3 is 2.93 bits per heavy atom. The van der Waals surface area contributed by atoms with E-state index < -0.39 is 17.8 Å². The van der Waals surface area contributed by atoms with E-state index in [0.29, 0.717) is 0 Å². The zero-order chi connectivity index (χ0) is 11.4. The van der Waals surface area contributed by atoms with Crippen molar-refractivity contribution in [3.05, 3.63) is 34.6 Å². The molecule has 5 heteroatoms. The molecular formula is C10H8ClFN2O. The highest BCUT2D eigenvalue weighted by Crippen LogP contribution is 2.14. The summed E-state index contributed by atoms with van der Waals surface area (Å²) < 4.78 is 13.2. The van der Waals surface area contributed by atoms with Gasteiger partial charge in [-0.1, -0.05) is 11.6 Å². The number of carbonyl (C=O) groups is 1. The van der Waals surface area contributed by atoms with Gasteiger partial charge < -0.3 is 5.32 Å². The van der Waals surface area contributed by atoms with Crippen LogP contribution in [0.5, 0.6) is 0 Å². The van der Waals surface area contributed by atoms with E-state index in [-0.39, 0.29) is 10.6 Å².